The van der Waals surface area contributed by atoms with Gasteiger partial charge in [0.25, 0.3) is 0 Å². The van der Waals surface area contributed by atoms with E-state index in [1.165, 1.54) is 12.3 Å². The van der Waals surface area contributed by atoms with Gasteiger partial charge in [-0.3, -0.25) is 0 Å². The van der Waals surface area contributed by atoms with E-state index in [1.54, 1.807) is 19.1 Å². The third kappa shape index (κ3) is 3.02. The Labute approximate surface area is 124 Å². The molecular formula is C12H12BrFN2O3S. The van der Waals surface area contributed by atoms with Gasteiger partial charge in [0.15, 0.2) is 5.82 Å². The van der Waals surface area contributed by atoms with Crippen LogP contribution in [-0.2, 0) is 10.0 Å². The minimum absolute atomic E-state index is 0.0106. The molecule has 2 aromatic rings. The lowest BCUT2D eigenvalue weighted by Gasteiger charge is -2.13. The first-order chi connectivity index (χ1) is 9.31. The number of rotatable bonds is 4. The average molecular weight is 363 g/mol. The zero-order chi connectivity index (χ0) is 14.9. The van der Waals surface area contributed by atoms with Crippen LogP contribution in [0.15, 0.2) is 44.3 Å². The van der Waals surface area contributed by atoms with Crippen molar-refractivity contribution >= 4 is 31.6 Å². The van der Waals surface area contributed by atoms with Crippen molar-refractivity contribution < 1.29 is 17.2 Å². The number of hydrogen-bond acceptors (Lipinski definition) is 4. The molecule has 0 radical (unpaired) electrons. The molecular weight excluding hydrogens is 351 g/mol. The van der Waals surface area contributed by atoms with Crippen LogP contribution in [0.3, 0.4) is 0 Å². The van der Waals surface area contributed by atoms with Crippen molar-refractivity contribution in [2.75, 3.05) is 5.73 Å². The molecule has 1 heterocycles. The molecule has 20 heavy (non-hydrogen) atoms. The molecule has 2 rings (SSSR count). The Balaban J connectivity index is 2.36. The smallest absolute Gasteiger partial charge is 0.244 e. The fourth-order valence-electron chi connectivity index (χ4n) is 1.67. The molecule has 1 unspecified atom stereocenters. The minimum atomic E-state index is -4.06. The van der Waals surface area contributed by atoms with E-state index in [4.69, 9.17) is 10.2 Å². The third-order valence-electron chi connectivity index (χ3n) is 2.61. The molecule has 0 saturated heterocycles. The lowest BCUT2D eigenvalue weighted by Crippen LogP contribution is -2.27. The highest BCUT2D eigenvalue weighted by atomic mass is 79.9. The van der Waals surface area contributed by atoms with E-state index in [0.717, 1.165) is 6.07 Å². The molecule has 0 spiro atoms. The van der Waals surface area contributed by atoms with Gasteiger partial charge in [0.1, 0.15) is 10.7 Å². The maximum Gasteiger partial charge on any atom is 0.244 e. The third-order valence-corrected chi connectivity index (χ3v) is 4.73. The summed E-state index contributed by atoms with van der Waals surface area (Å²) < 4.78 is 45.7. The van der Waals surface area contributed by atoms with Crippen molar-refractivity contribution in [2.45, 2.75) is 17.9 Å². The summed E-state index contributed by atoms with van der Waals surface area (Å²) in [6, 6.07) is 4.99. The standard InChI is InChI=1S/C12H12BrFN2O3S/c1-7(10-3-2-4-19-10)16-20(17,18)11-6-8(15)5-9(13)12(11)14/h2-7,16H,15H2,1H3. The first-order valence-corrected chi connectivity index (χ1v) is 7.89. The van der Waals surface area contributed by atoms with Gasteiger partial charge in [-0.05, 0) is 47.1 Å². The second-order valence-electron chi connectivity index (χ2n) is 4.17. The van der Waals surface area contributed by atoms with E-state index in [1.807, 2.05) is 0 Å². The van der Waals surface area contributed by atoms with Crippen LogP contribution >= 0.6 is 15.9 Å². The van der Waals surface area contributed by atoms with E-state index in [-0.39, 0.29) is 10.2 Å². The molecule has 1 aromatic heterocycles. The van der Waals surface area contributed by atoms with Crippen molar-refractivity contribution in [3.05, 3.63) is 46.6 Å². The van der Waals surface area contributed by atoms with Gasteiger partial charge in [0.05, 0.1) is 16.8 Å². The van der Waals surface area contributed by atoms with Gasteiger partial charge in [-0.1, -0.05) is 0 Å². The van der Waals surface area contributed by atoms with E-state index < -0.39 is 26.8 Å². The van der Waals surface area contributed by atoms with Crippen LogP contribution in [0.2, 0.25) is 0 Å². The van der Waals surface area contributed by atoms with Crippen LogP contribution in [-0.4, -0.2) is 8.42 Å². The van der Waals surface area contributed by atoms with Gasteiger partial charge in [-0.15, -0.1) is 0 Å². The highest BCUT2D eigenvalue weighted by Gasteiger charge is 2.25. The lowest BCUT2D eigenvalue weighted by molar-refractivity contribution is 0.458. The van der Waals surface area contributed by atoms with Gasteiger partial charge < -0.3 is 10.2 Å². The zero-order valence-corrected chi connectivity index (χ0v) is 12.8. The quantitative estimate of drug-likeness (QED) is 0.818. The van der Waals surface area contributed by atoms with Crippen LogP contribution in [0.25, 0.3) is 0 Å². The topological polar surface area (TPSA) is 85.3 Å². The second-order valence-corrected chi connectivity index (χ2v) is 6.71. The van der Waals surface area contributed by atoms with Crippen LogP contribution in [0.1, 0.15) is 18.7 Å². The predicted octanol–water partition coefficient (Wildman–Crippen LogP) is 2.80. The van der Waals surface area contributed by atoms with Gasteiger partial charge >= 0.3 is 0 Å². The van der Waals surface area contributed by atoms with Crippen LogP contribution < -0.4 is 10.5 Å². The van der Waals surface area contributed by atoms with Crippen molar-refractivity contribution in [3.63, 3.8) is 0 Å². The molecule has 0 amide bonds. The largest absolute Gasteiger partial charge is 0.468 e. The highest BCUT2D eigenvalue weighted by Crippen LogP contribution is 2.27. The first-order valence-electron chi connectivity index (χ1n) is 5.61. The summed E-state index contributed by atoms with van der Waals surface area (Å²) in [6.07, 6.45) is 1.43. The van der Waals surface area contributed by atoms with Crippen LogP contribution in [0, 0.1) is 5.82 Å². The monoisotopic (exact) mass is 362 g/mol. The Bertz CT molecular complexity index is 717. The van der Waals surface area contributed by atoms with E-state index in [2.05, 4.69) is 20.7 Å². The molecule has 5 nitrogen and oxygen atoms in total. The molecule has 0 aliphatic heterocycles. The number of halogens is 2. The van der Waals surface area contributed by atoms with Crippen molar-refractivity contribution in [2.24, 2.45) is 0 Å². The van der Waals surface area contributed by atoms with Crippen molar-refractivity contribution in [3.8, 4) is 0 Å². The summed E-state index contributed by atoms with van der Waals surface area (Å²) in [4.78, 5) is -0.511. The number of nitrogens with two attached hydrogens (primary N) is 1. The molecule has 0 saturated carbocycles. The van der Waals surface area contributed by atoms with E-state index in [9.17, 15) is 12.8 Å². The number of nitrogens with one attached hydrogen (secondary N) is 1. The average Bonchev–Trinajstić information content (AvgIpc) is 2.86. The maximum absolute atomic E-state index is 13.9. The van der Waals surface area contributed by atoms with E-state index in [0.29, 0.717) is 5.76 Å². The SMILES string of the molecule is CC(NS(=O)(=O)c1cc(N)cc(Br)c1F)c1ccco1. The van der Waals surface area contributed by atoms with Crippen LogP contribution in [0.5, 0.6) is 0 Å². The lowest BCUT2D eigenvalue weighted by atomic mass is 10.3. The van der Waals surface area contributed by atoms with Crippen LogP contribution in [0.4, 0.5) is 10.1 Å². The summed E-state index contributed by atoms with van der Waals surface area (Å²) >= 11 is 2.93. The van der Waals surface area contributed by atoms with E-state index >= 15 is 0 Å². The predicted molar refractivity (Wildman–Crippen MR) is 76.0 cm³/mol. The van der Waals surface area contributed by atoms with Gasteiger partial charge in [-0.2, -0.15) is 0 Å². The molecule has 1 atom stereocenters. The second kappa shape index (κ2) is 5.55. The number of anilines is 1. The summed E-state index contributed by atoms with van der Waals surface area (Å²) in [6.45, 7) is 1.59. The molecule has 0 aliphatic carbocycles. The van der Waals surface area contributed by atoms with Gasteiger partial charge in [0.2, 0.25) is 10.0 Å². The summed E-state index contributed by atoms with van der Waals surface area (Å²) in [5.41, 5.74) is 5.69. The summed E-state index contributed by atoms with van der Waals surface area (Å²) in [5.74, 6) is -0.463. The fraction of sp³-hybridized carbons (Fsp3) is 0.167. The number of furan rings is 1. The highest BCUT2D eigenvalue weighted by molar-refractivity contribution is 9.10. The molecule has 0 fully saturated rings. The number of benzene rings is 1. The Morgan fingerprint density at radius 3 is 2.75 bits per heavy atom. The summed E-state index contributed by atoms with van der Waals surface area (Å²) in [5, 5.41) is 0. The molecule has 3 N–H and O–H groups in total. The Morgan fingerprint density at radius 2 is 2.15 bits per heavy atom. The molecule has 0 aliphatic rings. The molecule has 108 valence electrons. The van der Waals surface area contributed by atoms with Crippen molar-refractivity contribution in [1.82, 2.24) is 4.72 Å². The number of nitrogen functional groups attached to an aromatic ring is 1. The fourth-order valence-corrected chi connectivity index (χ4v) is 3.63. The number of sulfonamides is 1. The Morgan fingerprint density at radius 1 is 1.45 bits per heavy atom. The minimum Gasteiger partial charge on any atom is -0.468 e. The van der Waals surface area contributed by atoms with Gasteiger partial charge in [-0.25, -0.2) is 17.5 Å². The maximum atomic E-state index is 13.9. The van der Waals surface area contributed by atoms with Crippen molar-refractivity contribution in [1.29, 1.82) is 0 Å². The molecule has 8 heteroatoms. The molecule has 1 aromatic carbocycles. The van der Waals surface area contributed by atoms with Gasteiger partial charge in [0, 0.05) is 5.69 Å². The first kappa shape index (κ1) is 15.0. The number of hydrogen-bond donors (Lipinski definition) is 2. The Kier molecular flexibility index (Phi) is 4.17. The normalized spacial score (nSPS) is 13.3. The molecule has 0 bridgehead atoms. The zero-order valence-electron chi connectivity index (χ0n) is 10.4. The Hall–Kier alpha value is -1.38. The summed E-state index contributed by atoms with van der Waals surface area (Å²) in [7, 11) is -4.06.